The number of halogens is 1. The van der Waals surface area contributed by atoms with E-state index in [1.165, 1.54) is 22.3 Å². The van der Waals surface area contributed by atoms with Gasteiger partial charge in [-0.15, -0.1) is 0 Å². The molecule has 4 rings (SSSR count). The Morgan fingerprint density at radius 2 is 1.38 bits per heavy atom. The Labute approximate surface area is 146 Å². The number of hydrogen-bond donors (Lipinski definition) is 0. The number of pyridine rings is 1. The second kappa shape index (κ2) is 6.10. The maximum Gasteiger partial charge on any atom is 0.0708 e. The van der Waals surface area contributed by atoms with Gasteiger partial charge in [-0.2, -0.15) is 0 Å². The first-order valence-corrected chi connectivity index (χ1v) is 8.30. The Kier molecular flexibility index (Phi) is 3.79. The number of aryl methyl sites for hydroxylation is 1. The van der Waals surface area contributed by atoms with Crippen LogP contribution in [0.1, 0.15) is 5.56 Å². The van der Waals surface area contributed by atoms with Crippen molar-refractivity contribution < 1.29 is 0 Å². The molecule has 0 saturated heterocycles. The number of nitrogens with zero attached hydrogens (tertiary/aromatic N) is 1. The minimum atomic E-state index is 0.751. The molecule has 0 unspecified atom stereocenters. The summed E-state index contributed by atoms with van der Waals surface area (Å²) in [6.07, 6.45) is 1.87. The minimum Gasteiger partial charge on any atom is -0.256 e. The first kappa shape index (κ1) is 14.9. The fourth-order valence-electron chi connectivity index (χ4n) is 2.95. The summed E-state index contributed by atoms with van der Waals surface area (Å²) in [4.78, 5) is 4.51. The number of aromatic nitrogens is 1. The van der Waals surface area contributed by atoms with Crippen LogP contribution < -0.4 is 0 Å². The third kappa shape index (κ3) is 2.79. The van der Waals surface area contributed by atoms with E-state index >= 15 is 0 Å². The van der Waals surface area contributed by atoms with Crippen molar-refractivity contribution in [1.29, 1.82) is 0 Å². The molecule has 0 atom stereocenters. The second-order valence-corrected chi connectivity index (χ2v) is 6.40. The van der Waals surface area contributed by atoms with Crippen molar-refractivity contribution in [2.75, 3.05) is 0 Å². The summed E-state index contributed by atoms with van der Waals surface area (Å²) < 4.78 is 0. The molecule has 0 fully saturated rings. The fourth-order valence-corrected chi connectivity index (χ4v) is 3.08. The number of fused-ring (bicyclic) bond motifs is 1. The Balaban J connectivity index is 1.90. The summed E-state index contributed by atoms with van der Waals surface area (Å²) in [5, 5.41) is 1.91. The minimum absolute atomic E-state index is 0.751. The smallest absolute Gasteiger partial charge is 0.0708 e. The standard InChI is InChI=1S/C22H16ClN/c1-15-2-4-17(5-3-15)20-12-13-24-22-11-8-18(14-21(20)22)16-6-9-19(23)10-7-16/h2-14H,1H3. The highest BCUT2D eigenvalue weighted by Crippen LogP contribution is 2.31. The summed E-state index contributed by atoms with van der Waals surface area (Å²) >= 11 is 6.00. The highest BCUT2D eigenvalue weighted by atomic mass is 35.5. The molecule has 0 aliphatic carbocycles. The van der Waals surface area contributed by atoms with Gasteiger partial charge in [-0.1, -0.05) is 59.6 Å². The molecule has 2 heteroatoms. The van der Waals surface area contributed by atoms with Gasteiger partial charge in [-0.25, -0.2) is 0 Å². The normalized spacial score (nSPS) is 10.9. The van der Waals surface area contributed by atoms with Gasteiger partial charge >= 0.3 is 0 Å². The predicted octanol–water partition coefficient (Wildman–Crippen LogP) is 6.53. The van der Waals surface area contributed by atoms with E-state index in [1.54, 1.807) is 0 Å². The van der Waals surface area contributed by atoms with Gasteiger partial charge in [-0.05, 0) is 59.5 Å². The van der Waals surface area contributed by atoms with E-state index in [4.69, 9.17) is 11.6 Å². The van der Waals surface area contributed by atoms with Crippen LogP contribution in [0.25, 0.3) is 33.2 Å². The molecular weight excluding hydrogens is 314 g/mol. The average Bonchev–Trinajstić information content (AvgIpc) is 2.62. The van der Waals surface area contributed by atoms with Crippen molar-refractivity contribution in [3.05, 3.63) is 89.6 Å². The Hall–Kier alpha value is -2.64. The van der Waals surface area contributed by atoms with Crippen LogP contribution in [0.5, 0.6) is 0 Å². The van der Waals surface area contributed by atoms with Crippen molar-refractivity contribution >= 4 is 22.5 Å². The fraction of sp³-hybridized carbons (Fsp3) is 0.0455. The number of rotatable bonds is 2. The molecule has 0 aliphatic heterocycles. The van der Waals surface area contributed by atoms with Gasteiger partial charge in [0.05, 0.1) is 5.52 Å². The lowest BCUT2D eigenvalue weighted by atomic mass is 9.97. The first-order valence-electron chi connectivity index (χ1n) is 7.92. The zero-order valence-electron chi connectivity index (χ0n) is 13.3. The lowest BCUT2D eigenvalue weighted by Crippen LogP contribution is -1.86. The van der Waals surface area contributed by atoms with Gasteiger partial charge in [0.15, 0.2) is 0 Å². The van der Waals surface area contributed by atoms with Gasteiger partial charge in [0, 0.05) is 16.6 Å². The molecule has 1 nitrogen and oxygen atoms in total. The lowest BCUT2D eigenvalue weighted by Gasteiger charge is -2.09. The van der Waals surface area contributed by atoms with Gasteiger partial charge in [0.1, 0.15) is 0 Å². The molecule has 0 amide bonds. The summed E-state index contributed by atoms with van der Waals surface area (Å²) in [5.41, 5.74) is 7.00. The number of benzene rings is 3. The average molecular weight is 330 g/mol. The van der Waals surface area contributed by atoms with E-state index < -0.39 is 0 Å². The van der Waals surface area contributed by atoms with Crippen LogP contribution in [0.3, 0.4) is 0 Å². The monoisotopic (exact) mass is 329 g/mol. The van der Waals surface area contributed by atoms with Gasteiger partial charge < -0.3 is 0 Å². The summed E-state index contributed by atoms with van der Waals surface area (Å²) in [6.45, 7) is 2.10. The molecule has 0 saturated carbocycles. The molecule has 4 aromatic rings. The van der Waals surface area contributed by atoms with Crippen molar-refractivity contribution in [2.24, 2.45) is 0 Å². The third-order valence-corrected chi connectivity index (χ3v) is 4.53. The molecule has 0 spiro atoms. The van der Waals surface area contributed by atoms with Crippen LogP contribution in [-0.2, 0) is 0 Å². The summed E-state index contributed by atoms with van der Waals surface area (Å²) in [5.74, 6) is 0. The topological polar surface area (TPSA) is 12.9 Å². The lowest BCUT2D eigenvalue weighted by molar-refractivity contribution is 1.41. The molecule has 3 aromatic carbocycles. The summed E-state index contributed by atoms with van der Waals surface area (Å²) in [7, 11) is 0. The zero-order chi connectivity index (χ0) is 16.5. The molecule has 24 heavy (non-hydrogen) atoms. The molecule has 0 aliphatic rings. The Morgan fingerprint density at radius 3 is 2.12 bits per heavy atom. The van der Waals surface area contributed by atoms with Crippen molar-refractivity contribution in [3.63, 3.8) is 0 Å². The van der Waals surface area contributed by atoms with Crippen LogP contribution >= 0.6 is 11.6 Å². The van der Waals surface area contributed by atoms with Gasteiger partial charge in [0.2, 0.25) is 0 Å². The molecule has 1 heterocycles. The van der Waals surface area contributed by atoms with E-state index in [0.29, 0.717) is 0 Å². The Morgan fingerprint density at radius 1 is 0.708 bits per heavy atom. The van der Waals surface area contributed by atoms with Gasteiger partial charge in [-0.3, -0.25) is 4.98 Å². The molecular formula is C22H16ClN. The van der Waals surface area contributed by atoms with Crippen molar-refractivity contribution in [1.82, 2.24) is 4.98 Å². The number of hydrogen-bond acceptors (Lipinski definition) is 1. The van der Waals surface area contributed by atoms with Gasteiger partial charge in [0.25, 0.3) is 0 Å². The van der Waals surface area contributed by atoms with E-state index in [-0.39, 0.29) is 0 Å². The molecule has 0 radical (unpaired) electrons. The molecule has 1 aromatic heterocycles. The zero-order valence-corrected chi connectivity index (χ0v) is 14.1. The first-order chi connectivity index (χ1) is 11.7. The van der Waals surface area contributed by atoms with Crippen LogP contribution in [-0.4, -0.2) is 4.98 Å². The van der Waals surface area contributed by atoms with Crippen LogP contribution in [0.15, 0.2) is 79.0 Å². The van der Waals surface area contributed by atoms with Crippen LogP contribution in [0.2, 0.25) is 5.02 Å². The highest BCUT2D eigenvalue weighted by molar-refractivity contribution is 6.30. The maximum absolute atomic E-state index is 6.00. The summed E-state index contributed by atoms with van der Waals surface area (Å²) in [6, 6.07) is 25.0. The molecule has 0 bridgehead atoms. The van der Waals surface area contributed by atoms with E-state index in [1.807, 2.05) is 30.5 Å². The van der Waals surface area contributed by atoms with Crippen molar-refractivity contribution in [2.45, 2.75) is 6.92 Å². The van der Waals surface area contributed by atoms with E-state index in [0.717, 1.165) is 21.5 Å². The predicted molar refractivity (Wildman–Crippen MR) is 102 cm³/mol. The highest BCUT2D eigenvalue weighted by Gasteiger charge is 2.07. The Bertz CT molecular complexity index is 1000. The second-order valence-electron chi connectivity index (χ2n) is 5.96. The SMILES string of the molecule is Cc1ccc(-c2ccnc3ccc(-c4ccc(Cl)cc4)cc23)cc1. The van der Waals surface area contributed by atoms with E-state index in [9.17, 15) is 0 Å². The third-order valence-electron chi connectivity index (χ3n) is 4.28. The largest absolute Gasteiger partial charge is 0.256 e. The molecule has 116 valence electrons. The van der Waals surface area contributed by atoms with E-state index in [2.05, 4.69) is 60.4 Å². The van der Waals surface area contributed by atoms with Crippen LogP contribution in [0, 0.1) is 6.92 Å². The maximum atomic E-state index is 6.00. The van der Waals surface area contributed by atoms with Crippen LogP contribution in [0.4, 0.5) is 0 Å². The van der Waals surface area contributed by atoms with Crippen molar-refractivity contribution in [3.8, 4) is 22.3 Å². The quantitative estimate of drug-likeness (QED) is 0.407. The molecule has 0 N–H and O–H groups in total.